The molecule has 7 nitrogen and oxygen atoms in total. The number of carbonyl (C=O) groups is 2. The van der Waals surface area contributed by atoms with Crippen LogP contribution in [0.1, 0.15) is 47.6 Å². The molecule has 2 aliphatic heterocycles. The van der Waals surface area contributed by atoms with Gasteiger partial charge in [0.25, 0.3) is 0 Å². The molecule has 0 aromatic heterocycles. The van der Waals surface area contributed by atoms with Gasteiger partial charge in [0, 0.05) is 29.5 Å². The molecule has 3 aromatic rings. The van der Waals surface area contributed by atoms with E-state index in [1.54, 1.807) is 7.11 Å². The Bertz CT molecular complexity index is 1430. The zero-order valence-corrected chi connectivity index (χ0v) is 23.5. The third kappa shape index (κ3) is 5.20. The summed E-state index contributed by atoms with van der Waals surface area (Å²) in [7, 11) is 1.71. The number of primary amides is 1. The number of nitrogens with two attached hydrogens (primary N) is 1. The minimum Gasteiger partial charge on any atom is -0.496 e. The molecule has 0 saturated carbocycles. The lowest BCUT2D eigenvalue weighted by Gasteiger charge is -2.43. The summed E-state index contributed by atoms with van der Waals surface area (Å²) in [5.74, 6) is -1.13. The summed E-state index contributed by atoms with van der Waals surface area (Å²) in [5.41, 5.74) is 9.60. The smallest absolute Gasteiger partial charge is 0.426 e. The summed E-state index contributed by atoms with van der Waals surface area (Å²) in [6.07, 6.45) is 2.29. The Labute approximate surface area is 239 Å². The Morgan fingerprint density at radius 2 is 1.80 bits per heavy atom. The minimum absolute atomic E-state index is 0.120. The van der Waals surface area contributed by atoms with Gasteiger partial charge in [-0.05, 0) is 62.7 Å². The molecule has 0 spiro atoms. The maximum Gasteiger partial charge on any atom is 0.426 e. The van der Waals surface area contributed by atoms with E-state index in [0.29, 0.717) is 18.5 Å². The van der Waals surface area contributed by atoms with Crippen molar-refractivity contribution >= 4 is 12.1 Å². The predicted molar refractivity (Wildman–Crippen MR) is 152 cm³/mol. The summed E-state index contributed by atoms with van der Waals surface area (Å²) in [5, 5.41) is 2.72. The van der Waals surface area contributed by atoms with Crippen LogP contribution in [0.4, 0.5) is 18.4 Å². The van der Waals surface area contributed by atoms with Gasteiger partial charge < -0.3 is 15.4 Å². The van der Waals surface area contributed by atoms with Crippen molar-refractivity contribution in [3.05, 3.63) is 101 Å². The zero-order valence-electron chi connectivity index (χ0n) is 23.5. The largest absolute Gasteiger partial charge is 0.496 e. The number of aryl methyl sites for hydroxylation is 1. The highest BCUT2D eigenvalue weighted by Gasteiger charge is 2.55. The van der Waals surface area contributed by atoms with Crippen LogP contribution in [0.5, 0.6) is 5.75 Å². The van der Waals surface area contributed by atoms with Gasteiger partial charge >= 0.3 is 12.1 Å². The number of ether oxygens (including phenoxy) is 1. The van der Waals surface area contributed by atoms with E-state index in [1.807, 2.05) is 12.1 Å². The first kappa shape index (κ1) is 28.7. The third-order valence-electron chi connectivity index (χ3n) is 8.95. The monoisotopic (exact) mass is 563 g/mol. The van der Waals surface area contributed by atoms with Gasteiger partial charge in [-0.15, -0.1) is 0 Å². The van der Waals surface area contributed by atoms with E-state index in [0.717, 1.165) is 43.8 Å². The lowest BCUT2D eigenvalue weighted by Crippen LogP contribution is -2.59. The fourth-order valence-electron chi connectivity index (χ4n) is 6.70. The number of halogens is 2. The molecule has 0 aliphatic carbocycles. The second-order valence-electron chi connectivity index (χ2n) is 11.2. The van der Waals surface area contributed by atoms with Crippen molar-refractivity contribution in [1.29, 1.82) is 0 Å². The number of hydrogen-bond acceptors (Lipinski definition) is 4. The molecule has 9 heteroatoms. The topological polar surface area (TPSA) is 84.7 Å². The fraction of sp³-hybridized carbons (Fsp3) is 0.375. The molecule has 2 aliphatic rings. The van der Waals surface area contributed by atoms with Gasteiger partial charge in [0.1, 0.15) is 11.8 Å². The number of piperidine rings is 1. The molecule has 41 heavy (non-hydrogen) atoms. The SMILES string of the molecule is COc1ccc(C)cc1C1(c2ccccc2)CCN(CCC[N+]2(C(N)=O)C(=O)NCC2c2ccc(F)c(F)c2)CC1. The van der Waals surface area contributed by atoms with Gasteiger partial charge in [-0.25, -0.2) is 18.4 Å². The van der Waals surface area contributed by atoms with E-state index in [2.05, 4.69) is 53.5 Å². The van der Waals surface area contributed by atoms with E-state index >= 15 is 0 Å². The summed E-state index contributed by atoms with van der Waals surface area (Å²) < 4.78 is 32.8. The van der Waals surface area contributed by atoms with Crippen LogP contribution in [0.2, 0.25) is 0 Å². The number of methoxy groups -OCH3 is 1. The molecular weight excluding hydrogens is 526 g/mol. The first-order valence-corrected chi connectivity index (χ1v) is 14.1. The molecular formula is C32H37F2N4O3+. The van der Waals surface area contributed by atoms with Crippen LogP contribution in [0.3, 0.4) is 0 Å². The standard InChI is InChI=1S/C32H36F2N4O3/c1-22-9-12-29(41-2)25(19-22)32(24-7-4-3-5-8-24)13-16-37(17-14-32)15-6-18-38(30(35)39)28(21-36-31(38)40)23-10-11-26(33)27(34)20-23/h3-5,7-12,19-20,28H,6,13-18,21H2,1-2H3,(H2-,35,36,39,40)/p+1. The molecule has 2 fully saturated rings. The number of urea groups is 2. The third-order valence-corrected chi connectivity index (χ3v) is 8.95. The van der Waals surface area contributed by atoms with E-state index < -0.39 is 34.2 Å². The van der Waals surface area contributed by atoms with Gasteiger partial charge in [0.2, 0.25) is 0 Å². The van der Waals surface area contributed by atoms with Crippen LogP contribution in [-0.4, -0.2) is 61.3 Å². The molecule has 0 radical (unpaired) electrons. The van der Waals surface area contributed by atoms with E-state index in [1.165, 1.54) is 22.8 Å². The average Bonchev–Trinajstić information content (AvgIpc) is 3.32. The van der Waals surface area contributed by atoms with Crippen LogP contribution in [0.15, 0.2) is 66.7 Å². The average molecular weight is 564 g/mol. The Balaban J connectivity index is 1.33. The second kappa shape index (κ2) is 11.6. The number of nitrogens with one attached hydrogen (secondary N) is 1. The van der Waals surface area contributed by atoms with Crippen molar-refractivity contribution in [3.63, 3.8) is 0 Å². The number of benzene rings is 3. The fourth-order valence-corrected chi connectivity index (χ4v) is 6.70. The second-order valence-corrected chi connectivity index (χ2v) is 11.2. The lowest BCUT2D eigenvalue weighted by molar-refractivity contribution is -0.790. The Kier molecular flexibility index (Phi) is 8.11. The van der Waals surface area contributed by atoms with E-state index in [9.17, 15) is 18.4 Å². The Morgan fingerprint density at radius 1 is 1.07 bits per heavy atom. The molecule has 2 atom stereocenters. The highest BCUT2D eigenvalue weighted by molar-refractivity contribution is 5.83. The minimum atomic E-state index is -1.02. The van der Waals surface area contributed by atoms with Gasteiger partial charge in [-0.2, -0.15) is 4.48 Å². The van der Waals surface area contributed by atoms with Crippen LogP contribution in [-0.2, 0) is 5.41 Å². The van der Waals surface area contributed by atoms with Crippen molar-refractivity contribution in [3.8, 4) is 5.75 Å². The van der Waals surface area contributed by atoms with Crippen molar-refractivity contribution in [2.24, 2.45) is 5.73 Å². The number of hydrogen-bond donors (Lipinski definition) is 2. The quantitative estimate of drug-likeness (QED) is 0.359. The van der Waals surface area contributed by atoms with Crippen LogP contribution in [0, 0.1) is 18.6 Å². The maximum atomic E-state index is 14.0. The van der Waals surface area contributed by atoms with Gasteiger partial charge in [-0.3, -0.25) is 5.32 Å². The van der Waals surface area contributed by atoms with E-state index in [4.69, 9.17) is 10.5 Å². The summed E-state index contributed by atoms with van der Waals surface area (Å²) in [6.45, 7) is 4.69. The number of amides is 4. The number of imide groups is 1. The predicted octanol–water partition coefficient (Wildman–Crippen LogP) is 5.41. The van der Waals surface area contributed by atoms with Crippen molar-refractivity contribution < 1.29 is 27.6 Å². The molecule has 2 heterocycles. The maximum absolute atomic E-state index is 14.0. The first-order chi connectivity index (χ1) is 19.7. The molecule has 3 aromatic carbocycles. The van der Waals surface area contributed by atoms with Crippen LogP contribution in [0.25, 0.3) is 0 Å². The highest BCUT2D eigenvalue weighted by Crippen LogP contribution is 2.46. The molecule has 3 N–H and O–H groups in total. The number of likely N-dealkylation sites (tertiary alicyclic amines) is 1. The Hall–Kier alpha value is -3.82. The Morgan fingerprint density at radius 3 is 2.46 bits per heavy atom. The first-order valence-electron chi connectivity index (χ1n) is 14.1. The number of rotatable bonds is 8. The van der Waals surface area contributed by atoms with Crippen LogP contribution >= 0.6 is 0 Å². The van der Waals surface area contributed by atoms with E-state index in [-0.39, 0.29) is 18.5 Å². The summed E-state index contributed by atoms with van der Waals surface area (Å²) in [4.78, 5) is 28.1. The number of nitrogens with zero attached hydrogens (tertiary/aromatic N) is 2. The van der Waals surface area contributed by atoms with Crippen molar-refractivity contribution in [2.75, 3.05) is 39.8 Å². The lowest BCUT2D eigenvalue weighted by atomic mass is 9.67. The highest BCUT2D eigenvalue weighted by atomic mass is 19.2. The number of carbonyl (C=O) groups excluding carboxylic acids is 2. The van der Waals surface area contributed by atoms with Gasteiger partial charge in [0.05, 0.1) is 20.2 Å². The van der Waals surface area contributed by atoms with Gasteiger partial charge in [0.15, 0.2) is 11.6 Å². The van der Waals surface area contributed by atoms with Crippen molar-refractivity contribution in [2.45, 2.75) is 37.6 Å². The normalized spacial score (nSPS) is 22.3. The molecule has 2 saturated heterocycles. The number of quaternary nitrogens is 1. The molecule has 2 unspecified atom stereocenters. The zero-order chi connectivity index (χ0) is 29.2. The summed E-state index contributed by atoms with van der Waals surface area (Å²) >= 11 is 0. The van der Waals surface area contributed by atoms with Crippen LogP contribution < -0.4 is 15.8 Å². The molecule has 216 valence electrons. The van der Waals surface area contributed by atoms with Crippen molar-refractivity contribution in [1.82, 2.24) is 10.2 Å². The summed E-state index contributed by atoms with van der Waals surface area (Å²) in [6, 6.07) is 18.3. The molecule has 5 rings (SSSR count). The molecule has 0 bridgehead atoms. The molecule has 4 amide bonds. The van der Waals surface area contributed by atoms with Gasteiger partial charge in [-0.1, -0.05) is 48.0 Å².